The van der Waals surface area contributed by atoms with Crippen LogP contribution in [0.1, 0.15) is 55.3 Å². The first kappa shape index (κ1) is 20.1. The monoisotopic (exact) mass is 382 g/mol. The van der Waals surface area contributed by atoms with Crippen molar-refractivity contribution in [2.45, 2.75) is 45.6 Å². The predicted octanol–water partition coefficient (Wildman–Crippen LogP) is 5.50. The molecule has 5 nitrogen and oxygen atoms in total. The van der Waals surface area contributed by atoms with Crippen LogP contribution in [0.5, 0.6) is 11.5 Å². The Kier molecular flexibility index (Phi) is 6.12. The number of nitrogens with one attached hydrogen (secondary N) is 1. The molecule has 1 heterocycles. The van der Waals surface area contributed by atoms with Crippen molar-refractivity contribution in [2.24, 2.45) is 0 Å². The first-order valence-electron chi connectivity index (χ1n) is 9.85. The summed E-state index contributed by atoms with van der Waals surface area (Å²) in [5.74, 6) is 1.84. The van der Waals surface area contributed by atoms with E-state index < -0.39 is 0 Å². The standard InChI is InChI=1S/C23H30N2O3/c1-15(2)18-9-6-8-16(3)22(18)24-23(26)25-13-7-10-20(25)19-12-11-17(27-4)14-21(19)28-5/h6,8-9,11-12,14-15,20H,7,10,13H2,1-5H3,(H,24,26). The van der Waals surface area contributed by atoms with Gasteiger partial charge in [-0.05, 0) is 48.9 Å². The van der Waals surface area contributed by atoms with E-state index in [0.29, 0.717) is 5.92 Å². The molecular weight excluding hydrogens is 352 g/mol. The fourth-order valence-electron chi connectivity index (χ4n) is 3.95. The molecule has 1 N–H and O–H groups in total. The van der Waals surface area contributed by atoms with Gasteiger partial charge in [-0.25, -0.2) is 4.79 Å². The number of nitrogens with zero attached hydrogens (tertiary/aromatic N) is 1. The molecule has 150 valence electrons. The van der Waals surface area contributed by atoms with Gasteiger partial charge in [0, 0.05) is 23.9 Å². The lowest BCUT2D eigenvalue weighted by Crippen LogP contribution is -2.35. The molecule has 1 atom stereocenters. The Balaban J connectivity index is 1.87. The highest BCUT2D eigenvalue weighted by Gasteiger charge is 2.32. The van der Waals surface area contributed by atoms with Crippen molar-refractivity contribution in [3.8, 4) is 11.5 Å². The summed E-state index contributed by atoms with van der Waals surface area (Å²) in [6.07, 6.45) is 1.89. The second-order valence-electron chi connectivity index (χ2n) is 7.58. The summed E-state index contributed by atoms with van der Waals surface area (Å²) in [5, 5.41) is 3.18. The van der Waals surface area contributed by atoms with E-state index in [0.717, 1.165) is 53.3 Å². The molecule has 0 spiro atoms. The minimum atomic E-state index is -0.0587. The number of amides is 2. The van der Waals surface area contributed by atoms with Crippen molar-refractivity contribution in [1.29, 1.82) is 0 Å². The largest absolute Gasteiger partial charge is 0.497 e. The third-order valence-corrected chi connectivity index (χ3v) is 5.47. The number of hydrogen-bond donors (Lipinski definition) is 1. The topological polar surface area (TPSA) is 50.8 Å². The molecule has 0 aromatic heterocycles. The highest BCUT2D eigenvalue weighted by molar-refractivity contribution is 5.91. The molecule has 0 bridgehead atoms. The lowest BCUT2D eigenvalue weighted by molar-refractivity contribution is 0.206. The fourth-order valence-corrected chi connectivity index (χ4v) is 3.95. The van der Waals surface area contributed by atoms with Gasteiger partial charge in [0.15, 0.2) is 0 Å². The van der Waals surface area contributed by atoms with Gasteiger partial charge in [-0.15, -0.1) is 0 Å². The van der Waals surface area contributed by atoms with Crippen LogP contribution in [-0.2, 0) is 0 Å². The SMILES string of the molecule is COc1ccc(C2CCCN2C(=O)Nc2c(C)cccc2C(C)C)c(OC)c1. The second kappa shape index (κ2) is 8.55. The molecule has 28 heavy (non-hydrogen) atoms. The number of hydrogen-bond acceptors (Lipinski definition) is 3. The molecule has 3 rings (SSSR count). The van der Waals surface area contributed by atoms with E-state index in [9.17, 15) is 4.79 Å². The predicted molar refractivity (Wildman–Crippen MR) is 113 cm³/mol. The number of aryl methyl sites for hydroxylation is 1. The van der Waals surface area contributed by atoms with E-state index >= 15 is 0 Å². The lowest BCUT2D eigenvalue weighted by Gasteiger charge is -2.28. The van der Waals surface area contributed by atoms with Crippen LogP contribution >= 0.6 is 0 Å². The maximum atomic E-state index is 13.2. The molecule has 1 fully saturated rings. The van der Waals surface area contributed by atoms with Crippen molar-refractivity contribution < 1.29 is 14.3 Å². The van der Waals surface area contributed by atoms with E-state index in [4.69, 9.17) is 9.47 Å². The minimum Gasteiger partial charge on any atom is -0.497 e. The number of urea groups is 1. The van der Waals surface area contributed by atoms with Gasteiger partial charge in [-0.2, -0.15) is 0 Å². The lowest BCUT2D eigenvalue weighted by atomic mass is 9.98. The van der Waals surface area contributed by atoms with E-state index in [1.54, 1.807) is 14.2 Å². The van der Waals surface area contributed by atoms with Gasteiger partial charge in [-0.3, -0.25) is 0 Å². The number of likely N-dealkylation sites (tertiary alicyclic amines) is 1. The molecular formula is C23H30N2O3. The van der Waals surface area contributed by atoms with Crippen LogP contribution in [0.2, 0.25) is 0 Å². The van der Waals surface area contributed by atoms with Crippen molar-refractivity contribution in [3.05, 3.63) is 53.1 Å². The zero-order chi connectivity index (χ0) is 20.3. The van der Waals surface area contributed by atoms with Crippen molar-refractivity contribution >= 4 is 11.7 Å². The average Bonchev–Trinajstić information content (AvgIpc) is 3.18. The molecule has 2 aromatic carbocycles. The summed E-state index contributed by atoms with van der Waals surface area (Å²) in [7, 11) is 3.29. The normalized spacial score (nSPS) is 16.4. The number of para-hydroxylation sites is 1. The smallest absolute Gasteiger partial charge is 0.322 e. The summed E-state index contributed by atoms with van der Waals surface area (Å²) in [6.45, 7) is 7.06. The molecule has 0 saturated carbocycles. The van der Waals surface area contributed by atoms with Crippen LogP contribution in [0.4, 0.5) is 10.5 Å². The fraction of sp³-hybridized carbons (Fsp3) is 0.435. The van der Waals surface area contributed by atoms with Crippen LogP contribution < -0.4 is 14.8 Å². The Morgan fingerprint density at radius 1 is 1.18 bits per heavy atom. The van der Waals surface area contributed by atoms with E-state index in [1.807, 2.05) is 42.2 Å². The van der Waals surface area contributed by atoms with Gasteiger partial charge < -0.3 is 19.7 Å². The molecule has 5 heteroatoms. The number of carbonyl (C=O) groups excluding carboxylic acids is 1. The molecule has 0 aliphatic carbocycles. The highest BCUT2D eigenvalue weighted by Crippen LogP contribution is 2.39. The van der Waals surface area contributed by atoms with Gasteiger partial charge in [-0.1, -0.05) is 32.0 Å². The zero-order valence-electron chi connectivity index (χ0n) is 17.4. The Labute approximate surface area is 167 Å². The molecule has 2 amide bonds. The Bertz CT molecular complexity index is 848. The van der Waals surface area contributed by atoms with Gasteiger partial charge in [0.25, 0.3) is 0 Å². The first-order valence-corrected chi connectivity index (χ1v) is 9.85. The van der Waals surface area contributed by atoms with Gasteiger partial charge >= 0.3 is 6.03 Å². The van der Waals surface area contributed by atoms with E-state index in [2.05, 4.69) is 25.2 Å². The second-order valence-corrected chi connectivity index (χ2v) is 7.58. The Morgan fingerprint density at radius 3 is 2.64 bits per heavy atom. The molecule has 1 saturated heterocycles. The van der Waals surface area contributed by atoms with Gasteiger partial charge in [0.05, 0.1) is 20.3 Å². The van der Waals surface area contributed by atoms with Crippen LogP contribution in [0.25, 0.3) is 0 Å². The maximum Gasteiger partial charge on any atom is 0.322 e. The number of rotatable bonds is 5. The molecule has 1 unspecified atom stereocenters. The van der Waals surface area contributed by atoms with Crippen LogP contribution in [-0.4, -0.2) is 31.7 Å². The van der Waals surface area contributed by atoms with Crippen molar-refractivity contribution in [1.82, 2.24) is 4.90 Å². The summed E-state index contributed by atoms with van der Waals surface area (Å²) >= 11 is 0. The summed E-state index contributed by atoms with van der Waals surface area (Å²) in [6, 6.07) is 11.9. The summed E-state index contributed by atoms with van der Waals surface area (Å²) in [5.41, 5.74) is 4.18. The third kappa shape index (κ3) is 3.93. The molecule has 0 radical (unpaired) electrons. The van der Waals surface area contributed by atoms with Gasteiger partial charge in [0.2, 0.25) is 0 Å². The van der Waals surface area contributed by atoms with Crippen LogP contribution in [0.3, 0.4) is 0 Å². The molecule has 1 aliphatic heterocycles. The number of methoxy groups -OCH3 is 2. The minimum absolute atomic E-state index is 0.00706. The van der Waals surface area contributed by atoms with E-state index in [1.165, 1.54) is 0 Å². The zero-order valence-corrected chi connectivity index (χ0v) is 17.4. The van der Waals surface area contributed by atoms with Crippen molar-refractivity contribution in [3.63, 3.8) is 0 Å². The number of ether oxygens (including phenoxy) is 2. The quantitative estimate of drug-likeness (QED) is 0.742. The Hall–Kier alpha value is -2.69. The Morgan fingerprint density at radius 2 is 1.96 bits per heavy atom. The molecule has 1 aliphatic rings. The van der Waals surface area contributed by atoms with Crippen molar-refractivity contribution in [2.75, 3.05) is 26.1 Å². The maximum absolute atomic E-state index is 13.2. The van der Waals surface area contributed by atoms with Crippen LogP contribution in [0, 0.1) is 6.92 Å². The molecule has 2 aromatic rings. The van der Waals surface area contributed by atoms with E-state index in [-0.39, 0.29) is 12.1 Å². The first-order chi connectivity index (χ1) is 13.5. The number of benzene rings is 2. The van der Waals surface area contributed by atoms with Crippen LogP contribution in [0.15, 0.2) is 36.4 Å². The average molecular weight is 383 g/mol. The summed E-state index contributed by atoms with van der Waals surface area (Å²) < 4.78 is 10.9. The summed E-state index contributed by atoms with van der Waals surface area (Å²) in [4.78, 5) is 15.1. The third-order valence-electron chi connectivity index (χ3n) is 5.47. The number of carbonyl (C=O) groups is 1. The highest BCUT2D eigenvalue weighted by atomic mass is 16.5. The number of anilines is 1. The van der Waals surface area contributed by atoms with Gasteiger partial charge in [0.1, 0.15) is 11.5 Å².